The lowest BCUT2D eigenvalue weighted by molar-refractivity contribution is 0.472. The van der Waals surface area contributed by atoms with Crippen molar-refractivity contribution in [1.82, 2.24) is 4.31 Å². The highest BCUT2D eigenvalue weighted by Crippen LogP contribution is 2.24. The zero-order valence-corrected chi connectivity index (χ0v) is 8.75. The van der Waals surface area contributed by atoms with E-state index in [1.807, 2.05) is 0 Å². The molecule has 78 valence electrons. The van der Waals surface area contributed by atoms with Crippen LogP contribution in [0.2, 0.25) is 0 Å². The fourth-order valence-electron chi connectivity index (χ4n) is 0.943. The fourth-order valence-corrected chi connectivity index (χ4v) is 1.97. The Kier molecular flexibility index (Phi) is 2.68. The number of nitrogens with two attached hydrogens (primary N) is 1. The van der Waals surface area contributed by atoms with Gasteiger partial charge in [0.15, 0.2) is 0 Å². The number of phenolic OH excluding ortho intramolecular Hbond substituents is 1. The van der Waals surface area contributed by atoms with Crippen molar-refractivity contribution in [3.63, 3.8) is 0 Å². The molecule has 0 aromatic heterocycles. The molecule has 1 aromatic carbocycles. The number of rotatable bonds is 2. The van der Waals surface area contributed by atoms with Gasteiger partial charge in [0.2, 0.25) is 10.0 Å². The minimum atomic E-state index is -3.58. The van der Waals surface area contributed by atoms with Crippen molar-refractivity contribution >= 4 is 15.7 Å². The molecule has 0 saturated heterocycles. The van der Waals surface area contributed by atoms with Crippen LogP contribution in [0.4, 0.5) is 5.69 Å². The van der Waals surface area contributed by atoms with Crippen molar-refractivity contribution in [1.29, 1.82) is 0 Å². The summed E-state index contributed by atoms with van der Waals surface area (Å²) in [7, 11) is -0.779. The van der Waals surface area contributed by atoms with Crippen LogP contribution in [-0.4, -0.2) is 31.9 Å². The van der Waals surface area contributed by atoms with Gasteiger partial charge in [-0.2, -0.15) is 0 Å². The fraction of sp³-hybridized carbons (Fsp3) is 0.250. The molecular formula is C8H12N2O3S. The molecule has 14 heavy (non-hydrogen) atoms. The number of benzene rings is 1. The maximum Gasteiger partial charge on any atom is 0.244 e. The van der Waals surface area contributed by atoms with Gasteiger partial charge in [-0.3, -0.25) is 0 Å². The SMILES string of the molecule is CN(C)S(=O)(=O)c1cc(O)ccc1N. The van der Waals surface area contributed by atoms with Crippen LogP contribution in [0.5, 0.6) is 5.75 Å². The monoisotopic (exact) mass is 216 g/mol. The van der Waals surface area contributed by atoms with Crippen LogP contribution in [0, 0.1) is 0 Å². The normalized spacial score (nSPS) is 11.9. The summed E-state index contributed by atoms with van der Waals surface area (Å²) in [6.45, 7) is 0. The van der Waals surface area contributed by atoms with E-state index in [1.54, 1.807) is 0 Å². The van der Waals surface area contributed by atoms with E-state index >= 15 is 0 Å². The number of hydrogen-bond acceptors (Lipinski definition) is 4. The van der Waals surface area contributed by atoms with E-state index in [1.165, 1.54) is 26.2 Å². The standard InChI is InChI=1S/C8H12N2O3S/c1-10(2)14(12,13)8-5-6(11)3-4-7(8)9/h3-5,11H,9H2,1-2H3. The van der Waals surface area contributed by atoms with Gasteiger partial charge in [-0.15, -0.1) is 0 Å². The minimum absolute atomic E-state index is 0.0810. The van der Waals surface area contributed by atoms with E-state index in [9.17, 15) is 8.42 Å². The van der Waals surface area contributed by atoms with Gasteiger partial charge in [-0.1, -0.05) is 0 Å². The summed E-state index contributed by atoms with van der Waals surface area (Å²) in [5.41, 5.74) is 5.62. The third-order valence-electron chi connectivity index (χ3n) is 1.76. The molecule has 0 aliphatic heterocycles. The van der Waals surface area contributed by atoms with Crippen molar-refractivity contribution in [2.45, 2.75) is 4.90 Å². The van der Waals surface area contributed by atoms with Gasteiger partial charge in [0.25, 0.3) is 0 Å². The Morgan fingerprint density at radius 2 is 1.93 bits per heavy atom. The molecule has 5 nitrogen and oxygen atoms in total. The van der Waals surface area contributed by atoms with Gasteiger partial charge in [0, 0.05) is 20.2 Å². The third-order valence-corrected chi connectivity index (χ3v) is 3.63. The zero-order valence-electron chi connectivity index (χ0n) is 7.93. The second-order valence-electron chi connectivity index (χ2n) is 3.01. The van der Waals surface area contributed by atoms with Crippen LogP contribution in [0.15, 0.2) is 23.1 Å². The first-order valence-electron chi connectivity index (χ1n) is 3.86. The first-order valence-corrected chi connectivity index (χ1v) is 5.30. The number of phenols is 1. The van der Waals surface area contributed by atoms with Gasteiger partial charge in [-0.05, 0) is 12.1 Å². The third kappa shape index (κ3) is 1.80. The van der Waals surface area contributed by atoms with Crippen molar-refractivity contribution in [3.05, 3.63) is 18.2 Å². The molecule has 6 heteroatoms. The number of anilines is 1. The molecule has 1 aromatic rings. The summed E-state index contributed by atoms with van der Waals surface area (Å²) in [5.74, 6) is -0.125. The maximum absolute atomic E-state index is 11.6. The number of nitrogens with zero attached hydrogens (tertiary/aromatic N) is 1. The number of hydrogen-bond donors (Lipinski definition) is 2. The Hall–Kier alpha value is -1.27. The van der Waals surface area contributed by atoms with Gasteiger partial charge >= 0.3 is 0 Å². The van der Waals surface area contributed by atoms with E-state index in [2.05, 4.69) is 0 Å². The quantitative estimate of drug-likeness (QED) is 0.547. The predicted octanol–water partition coefficient (Wildman–Crippen LogP) is 0.225. The van der Waals surface area contributed by atoms with E-state index in [0.717, 1.165) is 10.4 Å². The van der Waals surface area contributed by atoms with Gasteiger partial charge < -0.3 is 10.8 Å². The van der Waals surface area contributed by atoms with Crippen LogP contribution >= 0.6 is 0 Å². The molecule has 0 aliphatic rings. The topological polar surface area (TPSA) is 83.6 Å². The number of aromatic hydroxyl groups is 1. The van der Waals surface area contributed by atoms with Gasteiger partial charge in [0.1, 0.15) is 10.6 Å². The van der Waals surface area contributed by atoms with E-state index in [0.29, 0.717) is 0 Å². The van der Waals surface area contributed by atoms with Crippen molar-refractivity contribution < 1.29 is 13.5 Å². The Balaban J connectivity index is 3.40. The van der Waals surface area contributed by atoms with E-state index < -0.39 is 10.0 Å². The minimum Gasteiger partial charge on any atom is -0.508 e. The van der Waals surface area contributed by atoms with Crippen LogP contribution in [0.3, 0.4) is 0 Å². The molecule has 0 spiro atoms. The molecule has 0 amide bonds. The summed E-state index contributed by atoms with van der Waals surface area (Å²) in [5, 5.41) is 9.14. The lowest BCUT2D eigenvalue weighted by atomic mass is 10.3. The lowest BCUT2D eigenvalue weighted by Crippen LogP contribution is -2.23. The summed E-state index contributed by atoms with van der Waals surface area (Å²) >= 11 is 0. The summed E-state index contributed by atoms with van der Waals surface area (Å²) in [6, 6.07) is 3.82. The molecule has 3 N–H and O–H groups in total. The smallest absolute Gasteiger partial charge is 0.244 e. The first-order chi connectivity index (χ1) is 6.35. The van der Waals surface area contributed by atoms with Crippen LogP contribution in [-0.2, 0) is 10.0 Å². The lowest BCUT2D eigenvalue weighted by Gasteiger charge is -2.13. The van der Waals surface area contributed by atoms with Crippen LogP contribution < -0.4 is 5.73 Å². The molecule has 0 unspecified atom stereocenters. The second-order valence-corrected chi connectivity index (χ2v) is 5.13. The van der Waals surface area contributed by atoms with Gasteiger partial charge in [0.05, 0.1) is 5.69 Å². The average Bonchev–Trinajstić information content (AvgIpc) is 2.08. The Morgan fingerprint density at radius 1 is 1.36 bits per heavy atom. The Labute approximate surface area is 82.8 Å². The largest absolute Gasteiger partial charge is 0.508 e. The molecule has 0 fully saturated rings. The highest BCUT2D eigenvalue weighted by molar-refractivity contribution is 7.89. The van der Waals surface area contributed by atoms with E-state index in [4.69, 9.17) is 10.8 Å². The van der Waals surface area contributed by atoms with Crippen LogP contribution in [0.25, 0.3) is 0 Å². The Morgan fingerprint density at radius 3 is 2.43 bits per heavy atom. The highest BCUT2D eigenvalue weighted by Gasteiger charge is 2.20. The van der Waals surface area contributed by atoms with Crippen molar-refractivity contribution in [3.8, 4) is 5.75 Å². The maximum atomic E-state index is 11.6. The second kappa shape index (κ2) is 3.47. The molecular weight excluding hydrogens is 204 g/mol. The average molecular weight is 216 g/mol. The summed E-state index contributed by atoms with van der Waals surface area (Å²) in [4.78, 5) is -0.0810. The predicted molar refractivity (Wildman–Crippen MR) is 53.4 cm³/mol. The Bertz CT molecular complexity index is 440. The molecule has 0 atom stereocenters. The summed E-state index contributed by atoms with van der Waals surface area (Å²) < 4.78 is 24.3. The molecule has 0 aliphatic carbocycles. The highest BCUT2D eigenvalue weighted by atomic mass is 32.2. The number of nitrogen functional groups attached to an aromatic ring is 1. The van der Waals surface area contributed by atoms with Gasteiger partial charge in [-0.25, -0.2) is 12.7 Å². The van der Waals surface area contributed by atoms with Crippen molar-refractivity contribution in [2.75, 3.05) is 19.8 Å². The number of sulfonamides is 1. The first kappa shape index (κ1) is 10.8. The summed E-state index contributed by atoms with van der Waals surface area (Å²) in [6.07, 6.45) is 0. The molecule has 0 radical (unpaired) electrons. The van der Waals surface area contributed by atoms with E-state index in [-0.39, 0.29) is 16.3 Å². The molecule has 1 rings (SSSR count). The molecule has 0 heterocycles. The molecule has 0 bridgehead atoms. The van der Waals surface area contributed by atoms with Crippen LogP contribution in [0.1, 0.15) is 0 Å². The molecule has 0 saturated carbocycles. The van der Waals surface area contributed by atoms with Crippen molar-refractivity contribution in [2.24, 2.45) is 0 Å². The zero-order chi connectivity index (χ0) is 10.9.